The summed E-state index contributed by atoms with van der Waals surface area (Å²) < 4.78 is 5.70. The van der Waals surface area contributed by atoms with Crippen LogP contribution in [0, 0.1) is 12.8 Å². The summed E-state index contributed by atoms with van der Waals surface area (Å²) in [5.74, 6) is 1.27. The normalized spacial score (nSPS) is 25.6. The molecule has 0 unspecified atom stereocenters. The zero-order chi connectivity index (χ0) is 14.1. The fourth-order valence-electron chi connectivity index (χ4n) is 3.55. The molecular weight excluding hydrogens is 248 g/mol. The Balaban J connectivity index is 2.01. The molecule has 0 spiro atoms. The number of aryl methyl sites for hydroxylation is 1. The van der Waals surface area contributed by atoms with Crippen LogP contribution in [0.3, 0.4) is 0 Å². The van der Waals surface area contributed by atoms with E-state index in [1.807, 2.05) is 0 Å². The highest BCUT2D eigenvalue weighted by molar-refractivity contribution is 6.00. The number of allylic oxidation sites excluding steroid dienone is 2. The molecule has 1 aliphatic heterocycles. The van der Waals surface area contributed by atoms with Crippen LogP contribution in [-0.2, 0) is 9.53 Å². The van der Waals surface area contributed by atoms with Crippen molar-refractivity contribution >= 4 is 5.78 Å². The van der Waals surface area contributed by atoms with E-state index in [-0.39, 0.29) is 17.6 Å². The van der Waals surface area contributed by atoms with E-state index in [0.29, 0.717) is 12.4 Å². The maximum absolute atomic E-state index is 12.6. The number of Topliss-reactive ketones (excluding diaryl/α,β-unsaturated/α-hetero) is 1. The summed E-state index contributed by atoms with van der Waals surface area (Å²) in [6.07, 6.45) is 4.04. The highest BCUT2D eigenvalue weighted by Crippen LogP contribution is 2.47. The number of carbonyl (C=O) groups excluding carboxylic acids is 1. The van der Waals surface area contributed by atoms with Crippen LogP contribution >= 0.6 is 0 Å². The van der Waals surface area contributed by atoms with Gasteiger partial charge < -0.3 is 4.74 Å². The highest BCUT2D eigenvalue weighted by atomic mass is 16.5. The largest absolute Gasteiger partial charge is 0.490 e. The summed E-state index contributed by atoms with van der Waals surface area (Å²) in [5.41, 5.74) is 3.79. The number of ether oxygens (including phenoxy) is 1. The van der Waals surface area contributed by atoms with Crippen LogP contribution in [0.2, 0.25) is 0 Å². The van der Waals surface area contributed by atoms with Gasteiger partial charge in [0, 0.05) is 11.8 Å². The molecule has 0 fully saturated rings. The molecule has 1 aliphatic carbocycles. The van der Waals surface area contributed by atoms with Crippen molar-refractivity contribution in [3.05, 3.63) is 46.7 Å². The Kier molecular flexibility index (Phi) is 3.64. The van der Waals surface area contributed by atoms with E-state index < -0.39 is 0 Å². The first-order chi connectivity index (χ1) is 9.72. The molecule has 2 nitrogen and oxygen atoms in total. The summed E-state index contributed by atoms with van der Waals surface area (Å²) in [7, 11) is 0. The Morgan fingerprint density at radius 2 is 2.00 bits per heavy atom. The van der Waals surface area contributed by atoms with Gasteiger partial charge in [-0.1, -0.05) is 43.2 Å². The summed E-state index contributed by atoms with van der Waals surface area (Å²) in [4.78, 5) is 12.6. The van der Waals surface area contributed by atoms with E-state index in [1.54, 1.807) is 0 Å². The van der Waals surface area contributed by atoms with Gasteiger partial charge in [-0.25, -0.2) is 0 Å². The second-order valence-corrected chi connectivity index (χ2v) is 5.95. The Morgan fingerprint density at radius 1 is 1.25 bits per heavy atom. The van der Waals surface area contributed by atoms with Crippen molar-refractivity contribution in [3.63, 3.8) is 0 Å². The second kappa shape index (κ2) is 5.43. The van der Waals surface area contributed by atoms with E-state index in [9.17, 15) is 4.79 Å². The fourth-order valence-corrected chi connectivity index (χ4v) is 3.55. The molecule has 1 aromatic rings. The molecule has 3 rings (SSSR count). The molecule has 0 radical (unpaired) electrons. The minimum Gasteiger partial charge on any atom is -0.490 e. The Hall–Kier alpha value is -1.57. The van der Waals surface area contributed by atoms with Crippen LogP contribution in [-0.4, -0.2) is 12.4 Å². The van der Waals surface area contributed by atoms with Crippen LogP contribution in [0.4, 0.5) is 0 Å². The van der Waals surface area contributed by atoms with Crippen LogP contribution in [0.5, 0.6) is 0 Å². The van der Waals surface area contributed by atoms with E-state index in [0.717, 1.165) is 25.7 Å². The molecule has 0 bridgehead atoms. The number of ketones is 1. The topological polar surface area (TPSA) is 26.3 Å². The molecule has 0 saturated heterocycles. The molecule has 1 heterocycles. The third kappa shape index (κ3) is 2.17. The number of hydrogen-bond donors (Lipinski definition) is 0. The van der Waals surface area contributed by atoms with Gasteiger partial charge in [-0.05, 0) is 37.3 Å². The number of benzene rings is 1. The van der Waals surface area contributed by atoms with Crippen LogP contribution in [0.1, 0.15) is 49.7 Å². The molecular formula is C18H22O2. The molecule has 2 heteroatoms. The van der Waals surface area contributed by atoms with Gasteiger partial charge in [0.15, 0.2) is 5.76 Å². The molecule has 106 valence electrons. The molecule has 0 amide bonds. The minimum absolute atomic E-state index is 0.0887. The second-order valence-electron chi connectivity index (χ2n) is 5.95. The Bertz CT molecular complexity index is 539. The van der Waals surface area contributed by atoms with Gasteiger partial charge in [-0.3, -0.25) is 4.79 Å². The summed E-state index contributed by atoms with van der Waals surface area (Å²) in [5, 5.41) is 0. The zero-order valence-corrected chi connectivity index (χ0v) is 12.3. The van der Waals surface area contributed by atoms with E-state index in [1.165, 1.54) is 16.7 Å². The van der Waals surface area contributed by atoms with Crippen molar-refractivity contribution in [3.8, 4) is 0 Å². The van der Waals surface area contributed by atoms with Crippen molar-refractivity contribution in [2.75, 3.05) is 6.61 Å². The van der Waals surface area contributed by atoms with Gasteiger partial charge in [-0.15, -0.1) is 0 Å². The average Bonchev–Trinajstić information content (AvgIpc) is 2.74. The van der Waals surface area contributed by atoms with Crippen LogP contribution in [0.15, 0.2) is 35.6 Å². The third-order valence-corrected chi connectivity index (χ3v) is 4.50. The van der Waals surface area contributed by atoms with Crippen LogP contribution < -0.4 is 0 Å². The van der Waals surface area contributed by atoms with Crippen molar-refractivity contribution in [1.82, 2.24) is 0 Å². The summed E-state index contributed by atoms with van der Waals surface area (Å²) >= 11 is 0. The standard InChI is InChI=1S/C18H22O2/c1-3-5-14-16(13-9-7-12(2)8-10-13)15-6-4-11-20-18(15)17(14)19/h7-10,14,16H,3-6,11H2,1-2H3/t14-,16+/m0/s1. The number of carbonyl (C=O) groups is 1. The number of rotatable bonds is 3. The van der Waals surface area contributed by atoms with Crippen molar-refractivity contribution in [2.45, 2.75) is 45.4 Å². The van der Waals surface area contributed by atoms with Crippen molar-refractivity contribution in [2.24, 2.45) is 5.92 Å². The summed E-state index contributed by atoms with van der Waals surface area (Å²) in [6, 6.07) is 8.65. The fraction of sp³-hybridized carbons (Fsp3) is 0.500. The third-order valence-electron chi connectivity index (χ3n) is 4.50. The molecule has 0 saturated carbocycles. The van der Waals surface area contributed by atoms with E-state index >= 15 is 0 Å². The first-order valence-electron chi connectivity index (χ1n) is 7.69. The lowest BCUT2D eigenvalue weighted by Crippen LogP contribution is -2.17. The predicted octanol–water partition coefficient (Wildman–Crippen LogP) is 4.14. The predicted molar refractivity (Wildman–Crippen MR) is 79.5 cm³/mol. The van der Waals surface area contributed by atoms with Crippen molar-refractivity contribution in [1.29, 1.82) is 0 Å². The average molecular weight is 270 g/mol. The maximum Gasteiger partial charge on any atom is 0.201 e. The monoisotopic (exact) mass is 270 g/mol. The van der Waals surface area contributed by atoms with Gasteiger partial charge in [0.1, 0.15) is 0 Å². The van der Waals surface area contributed by atoms with E-state index in [4.69, 9.17) is 4.74 Å². The molecule has 2 atom stereocenters. The van der Waals surface area contributed by atoms with Gasteiger partial charge in [0.2, 0.25) is 5.78 Å². The first kappa shape index (κ1) is 13.4. The quantitative estimate of drug-likeness (QED) is 0.825. The molecule has 2 aliphatic rings. The Morgan fingerprint density at radius 3 is 2.70 bits per heavy atom. The SMILES string of the molecule is CCC[C@@H]1C(=O)C2=C(CCCO2)[C@@H]1c1ccc(C)cc1. The van der Waals surface area contributed by atoms with Gasteiger partial charge in [0.05, 0.1) is 6.61 Å². The maximum atomic E-state index is 12.6. The molecule has 0 aromatic heterocycles. The lowest BCUT2D eigenvalue weighted by molar-refractivity contribution is -0.122. The van der Waals surface area contributed by atoms with Crippen LogP contribution in [0.25, 0.3) is 0 Å². The molecule has 1 aromatic carbocycles. The van der Waals surface area contributed by atoms with Gasteiger partial charge in [-0.2, -0.15) is 0 Å². The lowest BCUT2D eigenvalue weighted by Gasteiger charge is -2.22. The first-order valence-corrected chi connectivity index (χ1v) is 7.69. The van der Waals surface area contributed by atoms with Gasteiger partial charge in [0.25, 0.3) is 0 Å². The molecule has 0 N–H and O–H groups in total. The minimum atomic E-state index is 0.0887. The van der Waals surface area contributed by atoms with Gasteiger partial charge >= 0.3 is 0 Å². The van der Waals surface area contributed by atoms with Crippen molar-refractivity contribution < 1.29 is 9.53 Å². The van der Waals surface area contributed by atoms with E-state index in [2.05, 4.69) is 38.1 Å². The smallest absolute Gasteiger partial charge is 0.201 e. The lowest BCUT2D eigenvalue weighted by atomic mass is 9.80. The highest BCUT2D eigenvalue weighted by Gasteiger charge is 2.43. The zero-order valence-electron chi connectivity index (χ0n) is 12.3. The number of hydrogen-bond acceptors (Lipinski definition) is 2. The Labute approximate surface area is 120 Å². The summed E-state index contributed by atoms with van der Waals surface area (Å²) in [6.45, 7) is 4.95. The molecule has 20 heavy (non-hydrogen) atoms.